The van der Waals surface area contributed by atoms with E-state index >= 15 is 0 Å². The van der Waals surface area contributed by atoms with Crippen LogP contribution in [-0.2, 0) is 22.7 Å². The molecule has 0 atom stereocenters. The van der Waals surface area contributed by atoms with Crippen molar-refractivity contribution in [3.63, 3.8) is 0 Å². The molecule has 142 valence electrons. The van der Waals surface area contributed by atoms with Crippen molar-refractivity contribution in [2.75, 3.05) is 5.32 Å². The average Bonchev–Trinajstić information content (AvgIpc) is 2.81. The minimum absolute atomic E-state index is 0.132. The molecule has 7 heteroatoms. The molecule has 0 bridgehead atoms. The first-order chi connectivity index (χ1) is 12.8. The van der Waals surface area contributed by atoms with Gasteiger partial charge in [-0.2, -0.15) is 5.26 Å². The summed E-state index contributed by atoms with van der Waals surface area (Å²) in [6, 6.07) is 8.29. The van der Waals surface area contributed by atoms with Gasteiger partial charge in [-0.3, -0.25) is 4.79 Å². The van der Waals surface area contributed by atoms with Gasteiger partial charge in [-0.1, -0.05) is 12.5 Å². The number of amides is 1. The Kier molecular flexibility index (Phi) is 5.68. The third-order valence-corrected chi connectivity index (χ3v) is 8.16. The molecule has 1 aliphatic rings. The Labute approximate surface area is 164 Å². The Bertz CT molecular complexity index is 1010. The SMILES string of the molecule is CC(C)S(=O)(=O)c1cccc(C(=O)Nc2sc3c(c2C#N)CCCCC3)c1. The number of hydrogen-bond acceptors (Lipinski definition) is 5. The van der Waals surface area contributed by atoms with E-state index in [0.29, 0.717) is 10.6 Å². The second-order valence-electron chi connectivity index (χ2n) is 6.96. The zero-order valence-corrected chi connectivity index (χ0v) is 17.0. The van der Waals surface area contributed by atoms with Crippen LogP contribution in [0.2, 0.25) is 0 Å². The molecular formula is C20H22N2O3S2. The van der Waals surface area contributed by atoms with Gasteiger partial charge in [0.2, 0.25) is 0 Å². The third kappa shape index (κ3) is 3.92. The lowest BCUT2D eigenvalue weighted by atomic mass is 10.1. The highest BCUT2D eigenvalue weighted by atomic mass is 32.2. The molecule has 0 saturated carbocycles. The molecule has 1 N–H and O–H groups in total. The van der Waals surface area contributed by atoms with Gasteiger partial charge in [0.25, 0.3) is 5.91 Å². The lowest BCUT2D eigenvalue weighted by molar-refractivity contribution is 0.102. The number of sulfone groups is 1. The minimum Gasteiger partial charge on any atom is -0.312 e. The number of hydrogen-bond donors (Lipinski definition) is 1. The number of carbonyl (C=O) groups is 1. The molecule has 0 spiro atoms. The summed E-state index contributed by atoms with van der Waals surface area (Å²) in [5.41, 5.74) is 1.88. The van der Waals surface area contributed by atoms with Gasteiger partial charge in [-0.05, 0) is 63.3 Å². The fourth-order valence-electron chi connectivity index (χ4n) is 3.21. The Balaban J connectivity index is 1.90. The number of anilines is 1. The zero-order valence-electron chi connectivity index (χ0n) is 15.4. The number of aryl methyl sites for hydroxylation is 1. The van der Waals surface area contributed by atoms with Crippen molar-refractivity contribution in [3.8, 4) is 6.07 Å². The maximum absolute atomic E-state index is 12.7. The maximum atomic E-state index is 12.7. The third-order valence-electron chi connectivity index (χ3n) is 4.81. The van der Waals surface area contributed by atoms with E-state index in [0.717, 1.165) is 37.7 Å². The largest absolute Gasteiger partial charge is 0.312 e. The molecule has 3 rings (SSSR count). The number of carbonyl (C=O) groups excluding carboxylic acids is 1. The highest BCUT2D eigenvalue weighted by Gasteiger charge is 2.23. The van der Waals surface area contributed by atoms with E-state index in [1.165, 1.54) is 28.3 Å². The van der Waals surface area contributed by atoms with Crippen LogP contribution in [0.1, 0.15) is 59.5 Å². The van der Waals surface area contributed by atoms with E-state index in [-0.39, 0.29) is 10.5 Å². The van der Waals surface area contributed by atoms with Crippen LogP contribution in [0.25, 0.3) is 0 Å². The summed E-state index contributed by atoms with van der Waals surface area (Å²) in [5.74, 6) is -0.399. The first-order valence-electron chi connectivity index (χ1n) is 9.04. The summed E-state index contributed by atoms with van der Waals surface area (Å²) >= 11 is 1.46. The van der Waals surface area contributed by atoms with E-state index in [4.69, 9.17) is 0 Å². The molecule has 5 nitrogen and oxygen atoms in total. The number of fused-ring (bicyclic) bond motifs is 1. The predicted molar refractivity (Wildman–Crippen MR) is 107 cm³/mol. The molecule has 1 heterocycles. The highest BCUT2D eigenvalue weighted by molar-refractivity contribution is 7.92. The summed E-state index contributed by atoms with van der Waals surface area (Å²) in [5, 5.41) is 12.4. The second kappa shape index (κ2) is 7.83. The standard InChI is InChI=1S/C20H22N2O3S2/c1-13(2)27(24,25)15-8-6-7-14(11-15)19(23)22-20-17(12-21)16-9-4-3-5-10-18(16)26-20/h6-8,11,13H,3-5,9-10H2,1-2H3,(H,22,23). The smallest absolute Gasteiger partial charge is 0.256 e. The predicted octanol–water partition coefficient (Wildman–Crippen LogP) is 4.32. The first-order valence-corrected chi connectivity index (χ1v) is 11.4. The van der Waals surface area contributed by atoms with Crippen LogP contribution in [0.15, 0.2) is 29.2 Å². The molecule has 0 unspecified atom stereocenters. The van der Waals surface area contributed by atoms with Crippen molar-refractivity contribution >= 4 is 32.1 Å². The summed E-state index contributed by atoms with van der Waals surface area (Å²) in [6.45, 7) is 3.22. The number of nitrogens with zero attached hydrogens (tertiary/aromatic N) is 1. The van der Waals surface area contributed by atoms with Crippen molar-refractivity contribution in [2.24, 2.45) is 0 Å². The second-order valence-corrected chi connectivity index (χ2v) is 10.6. The topological polar surface area (TPSA) is 87.0 Å². The van der Waals surface area contributed by atoms with E-state index in [1.54, 1.807) is 26.0 Å². The molecule has 0 radical (unpaired) electrons. The van der Waals surface area contributed by atoms with E-state index in [9.17, 15) is 18.5 Å². The molecule has 2 aromatic rings. The van der Waals surface area contributed by atoms with E-state index in [1.807, 2.05) is 0 Å². The van der Waals surface area contributed by atoms with Crippen LogP contribution in [0.3, 0.4) is 0 Å². The summed E-state index contributed by atoms with van der Waals surface area (Å²) in [7, 11) is -3.45. The zero-order chi connectivity index (χ0) is 19.6. The number of nitrogens with one attached hydrogen (secondary N) is 1. The molecule has 0 aliphatic heterocycles. The Hall–Kier alpha value is -2.17. The van der Waals surface area contributed by atoms with Crippen molar-refractivity contribution in [3.05, 3.63) is 45.8 Å². The van der Waals surface area contributed by atoms with Gasteiger partial charge in [0.1, 0.15) is 11.1 Å². The molecule has 27 heavy (non-hydrogen) atoms. The first kappa shape index (κ1) is 19.6. The lowest BCUT2D eigenvalue weighted by Crippen LogP contribution is -2.16. The molecule has 1 amide bonds. The summed E-state index contributed by atoms with van der Waals surface area (Å²) in [4.78, 5) is 14.0. The van der Waals surface area contributed by atoms with Gasteiger partial charge < -0.3 is 5.32 Å². The summed E-state index contributed by atoms with van der Waals surface area (Å²) in [6.07, 6.45) is 5.12. The Morgan fingerprint density at radius 3 is 2.67 bits per heavy atom. The molecule has 1 aliphatic carbocycles. The maximum Gasteiger partial charge on any atom is 0.256 e. The van der Waals surface area contributed by atoms with Crippen LogP contribution in [-0.4, -0.2) is 19.6 Å². The van der Waals surface area contributed by atoms with Gasteiger partial charge in [0.15, 0.2) is 9.84 Å². The van der Waals surface area contributed by atoms with Crippen molar-refractivity contribution in [2.45, 2.75) is 56.1 Å². The summed E-state index contributed by atoms with van der Waals surface area (Å²) < 4.78 is 24.7. The van der Waals surface area contributed by atoms with Crippen LogP contribution < -0.4 is 5.32 Å². The number of nitriles is 1. The average molecular weight is 403 g/mol. The molecule has 1 aromatic heterocycles. The number of thiophene rings is 1. The normalized spacial score (nSPS) is 14.3. The van der Waals surface area contributed by atoms with Crippen LogP contribution in [0, 0.1) is 11.3 Å². The van der Waals surface area contributed by atoms with E-state index < -0.39 is 21.0 Å². The molecule has 0 fully saturated rings. The lowest BCUT2D eigenvalue weighted by Gasteiger charge is -2.09. The number of rotatable bonds is 4. The number of benzene rings is 1. The molecular weight excluding hydrogens is 380 g/mol. The monoisotopic (exact) mass is 402 g/mol. The van der Waals surface area contributed by atoms with Gasteiger partial charge in [-0.15, -0.1) is 11.3 Å². The van der Waals surface area contributed by atoms with Gasteiger partial charge in [0.05, 0.1) is 15.7 Å². The molecule has 0 saturated heterocycles. The van der Waals surface area contributed by atoms with Gasteiger partial charge in [0, 0.05) is 10.4 Å². The van der Waals surface area contributed by atoms with Crippen LogP contribution >= 0.6 is 11.3 Å². The van der Waals surface area contributed by atoms with Crippen LogP contribution in [0.4, 0.5) is 5.00 Å². The Morgan fingerprint density at radius 1 is 1.22 bits per heavy atom. The van der Waals surface area contributed by atoms with Crippen molar-refractivity contribution in [1.82, 2.24) is 0 Å². The van der Waals surface area contributed by atoms with E-state index in [2.05, 4.69) is 11.4 Å². The highest BCUT2D eigenvalue weighted by Crippen LogP contribution is 2.37. The fraction of sp³-hybridized carbons (Fsp3) is 0.400. The van der Waals surface area contributed by atoms with Crippen LogP contribution in [0.5, 0.6) is 0 Å². The Morgan fingerprint density at radius 2 is 1.96 bits per heavy atom. The van der Waals surface area contributed by atoms with Crippen molar-refractivity contribution < 1.29 is 13.2 Å². The molecule has 1 aromatic carbocycles. The van der Waals surface area contributed by atoms with Crippen molar-refractivity contribution in [1.29, 1.82) is 5.26 Å². The van der Waals surface area contributed by atoms with Gasteiger partial charge >= 0.3 is 0 Å². The van der Waals surface area contributed by atoms with Gasteiger partial charge in [-0.25, -0.2) is 8.42 Å². The minimum atomic E-state index is -3.45. The fourth-order valence-corrected chi connectivity index (χ4v) is 5.55. The quantitative estimate of drug-likeness (QED) is 0.772.